The zero-order valence-electron chi connectivity index (χ0n) is 9.37. The number of esters is 1. The molecule has 15 heavy (non-hydrogen) atoms. The van der Waals surface area contributed by atoms with E-state index in [1.54, 1.807) is 13.0 Å². The molecule has 0 saturated carbocycles. The standard InChI is InChI=1S/C12H16O3/c1-4-14-11-9(3)7-6-8-10(11)12(13)15-5-2/h6-8H,4-5H2,1-3H3. The first-order chi connectivity index (χ1) is 7.20. The van der Waals surface area contributed by atoms with Gasteiger partial charge in [-0.05, 0) is 32.4 Å². The highest BCUT2D eigenvalue weighted by molar-refractivity contribution is 5.93. The molecule has 0 bridgehead atoms. The van der Waals surface area contributed by atoms with Gasteiger partial charge in [-0.25, -0.2) is 4.79 Å². The fraction of sp³-hybridized carbons (Fsp3) is 0.417. The van der Waals surface area contributed by atoms with E-state index in [1.165, 1.54) is 0 Å². The van der Waals surface area contributed by atoms with Crippen LogP contribution in [0, 0.1) is 6.92 Å². The summed E-state index contributed by atoms with van der Waals surface area (Å²) in [6.07, 6.45) is 0. The predicted molar refractivity (Wildman–Crippen MR) is 58.3 cm³/mol. The molecule has 0 aliphatic carbocycles. The number of carbonyl (C=O) groups is 1. The Bertz CT molecular complexity index is 345. The first-order valence-corrected chi connectivity index (χ1v) is 5.10. The van der Waals surface area contributed by atoms with E-state index < -0.39 is 0 Å². The summed E-state index contributed by atoms with van der Waals surface area (Å²) in [5.74, 6) is 0.295. The molecule has 0 atom stereocenters. The zero-order valence-corrected chi connectivity index (χ0v) is 9.37. The maximum absolute atomic E-state index is 11.6. The molecule has 0 amide bonds. The SMILES string of the molecule is CCOC(=O)c1cccc(C)c1OCC. The van der Waals surface area contributed by atoms with Crippen molar-refractivity contribution >= 4 is 5.97 Å². The Morgan fingerprint density at radius 1 is 1.27 bits per heavy atom. The van der Waals surface area contributed by atoms with Crippen molar-refractivity contribution in [3.05, 3.63) is 29.3 Å². The third-order valence-corrected chi connectivity index (χ3v) is 2.00. The summed E-state index contributed by atoms with van der Waals surface area (Å²) in [4.78, 5) is 11.6. The molecule has 0 saturated heterocycles. The fourth-order valence-corrected chi connectivity index (χ4v) is 1.36. The van der Waals surface area contributed by atoms with Gasteiger partial charge in [0.25, 0.3) is 0 Å². The van der Waals surface area contributed by atoms with Crippen LogP contribution >= 0.6 is 0 Å². The Morgan fingerprint density at radius 2 is 2.00 bits per heavy atom. The summed E-state index contributed by atoms with van der Waals surface area (Å²) in [5, 5.41) is 0. The van der Waals surface area contributed by atoms with E-state index in [4.69, 9.17) is 9.47 Å². The van der Waals surface area contributed by atoms with Gasteiger partial charge in [-0.2, -0.15) is 0 Å². The Labute approximate surface area is 90.0 Å². The van der Waals surface area contributed by atoms with Gasteiger partial charge in [-0.1, -0.05) is 12.1 Å². The molecule has 3 heteroatoms. The second-order valence-electron chi connectivity index (χ2n) is 3.11. The van der Waals surface area contributed by atoms with Gasteiger partial charge >= 0.3 is 5.97 Å². The molecule has 1 aromatic carbocycles. The van der Waals surface area contributed by atoms with Crippen LogP contribution in [-0.2, 0) is 4.74 Å². The van der Waals surface area contributed by atoms with Gasteiger partial charge in [0.2, 0.25) is 0 Å². The van der Waals surface area contributed by atoms with Crippen LogP contribution in [0.25, 0.3) is 0 Å². The number of benzene rings is 1. The molecule has 0 spiro atoms. The van der Waals surface area contributed by atoms with E-state index in [2.05, 4.69) is 0 Å². The summed E-state index contributed by atoms with van der Waals surface area (Å²) < 4.78 is 10.4. The van der Waals surface area contributed by atoms with Crippen molar-refractivity contribution in [3.8, 4) is 5.75 Å². The van der Waals surface area contributed by atoms with Gasteiger partial charge in [0.15, 0.2) is 0 Å². The third kappa shape index (κ3) is 2.72. The van der Waals surface area contributed by atoms with Crippen molar-refractivity contribution in [1.29, 1.82) is 0 Å². The third-order valence-electron chi connectivity index (χ3n) is 2.00. The van der Waals surface area contributed by atoms with Crippen LogP contribution in [0.15, 0.2) is 18.2 Å². The lowest BCUT2D eigenvalue weighted by Gasteiger charge is -2.11. The summed E-state index contributed by atoms with van der Waals surface area (Å²) in [6, 6.07) is 5.45. The summed E-state index contributed by atoms with van der Waals surface area (Å²) in [6.45, 7) is 6.50. The van der Waals surface area contributed by atoms with Gasteiger partial charge in [0, 0.05) is 0 Å². The maximum Gasteiger partial charge on any atom is 0.341 e. The molecule has 1 aromatic rings. The molecule has 0 radical (unpaired) electrons. The fourth-order valence-electron chi connectivity index (χ4n) is 1.36. The molecule has 0 fully saturated rings. The van der Waals surface area contributed by atoms with Crippen LogP contribution in [-0.4, -0.2) is 19.2 Å². The van der Waals surface area contributed by atoms with E-state index >= 15 is 0 Å². The van der Waals surface area contributed by atoms with Crippen molar-refractivity contribution < 1.29 is 14.3 Å². The van der Waals surface area contributed by atoms with Crippen molar-refractivity contribution in [2.75, 3.05) is 13.2 Å². The quantitative estimate of drug-likeness (QED) is 0.713. The Hall–Kier alpha value is -1.51. The molecular weight excluding hydrogens is 192 g/mol. The smallest absolute Gasteiger partial charge is 0.341 e. The topological polar surface area (TPSA) is 35.5 Å². The minimum absolute atomic E-state index is 0.329. The van der Waals surface area contributed by atoms with Crippen LogP contribution in [0.1, 0.15) is 29.8 Å². The highest BCUT2D eigenvalue weighted by Gasteiger charge is 2.14. The van der Waals surface area contributed by atoms with Crippen molar-refractivity contribution in [1.82, 2.24) is 0 Å². The van der Waals surface area contributed by atoms with Gasteiger partial charge in [0.05, 0.1) is 13.2 Å². The van der Waals surface area contributed by atoms with Crippen molar-refractivity contribution in [3.63, 3.8) is 0 Å². The second-order valence-corrected chi connectivity index (χ2v) is 3.11. The van der Waals surface area contributed by atoms with Gasteiger partial charge in [-0.3, -0.25) is 0 Å². The monoisotopic (exact) mass is 208 g/mol. The Kier molecular flexibility index (Phi) is 4.16. The molecule has 0 N–H and O–H groups in total. The molecule has 0 aliphatic heterocycles. The molecular formula is C12H16O3. The molecule has 82 valence electrons. The van der Waals surface area contributed by atoms with Crippen LogP contribution in [0.5, 0.6) is 5.75 Å². The van der Waals surface area contributed by atoms with Crippen LogP contribution < -0.4 is 4.74 Å². The lowest BCUT2D eigenvalue weighted by Crippen LogP contribution is -2.08. The van der Waals surface area contributed by atoms with Crippen molar-refractivity contribution in [2.24, 2.45) is 0 Å². The molecule has 1 rings (SSSR count). The highest BCUT2D eigenvalue weighted by Crippen LogP contribution is 2.24. The molecule has 0 aliphatic rings. The number of carbonyl (C=O) groups excluding carboxylic acids is 1. The Balaban J connectivity index is 3.04. The average molecular weight is 208 g/mol. The lowest BCUT2D eigenvalue weighted by atomic mass is 10.1. The summed E-state index contributed by atoms with van der Waals surface area (Å²) in [5.41, 5.74) is 1.45. The minimum Gasteiger partial charge on any atom is -0.493 e. The van der Waals surface area contributed by atoms with E-state index in [1.807, 2.05) is 26.0 Å². The average Bonchev–Trinajstić information content (AvgIpc) is 2.21. The maximum atomic E-state index is 11.6. The van der Waals surface area contributed by atoms with E-state index in [9.17, 15) is 4.79 Å². The van der Waals surface area contributed by atoms with Gasteiger partial charge < -0.3 is 9.47 Å². The molecule has 0 heterocycles. The number of rotatable bonds is 4. The van der Waals surface area contributed by atoms with Crippen molar-refractivity contribution in [2.45, 2.75) is 20.8 Å². The second kappa shape index (κ2) is 5.39. The highest BCUT2D eigenvalue weighted by atomic mass is 16.5. The van der Waals surface area contributed by atoms with Crippen LogP contribution in [0.2, 0.25) is 0 Å². The van der Waals surface area contributed by atoms with Crippen LogP contribution in [0.3, 0.4) is 0 Å². The first-order valence-electron chi connectivity index (χ1n) is 5.10. The zero-order chi connectivity index (χ0) is 11.3. The first kappa shape index (κ1) is 11.6. The minimum atomic E-state index is -0.329. The van der Waals surface area contributed by atoms with Crippen LogP contribution in [0.4, 0.5) is 0 Å². The molecule has 0 unspecified atom stereocenters. The van der Waals surface area contributed by atoms with E-state index in [0.29, 0.717) is 24.5 Å². The number of hydrogen-bond acceptors (Lipinski definition) is 3. The number of ether oxygens (including phenoxy) is 2. The summed E-state index contributed by atoms with van der Waals surface area (Å²) in [7, 11) is 0. The normalized spacial score (nSPS) is 9.80. The van der Waals surface area contributed by atoms with E-state index in [-0.39, 0.29) is 5.97 Å². The van der Waals surface area contributed by atoms with E-state index in [0.717, 1.165) is 5.56 Å². The van der Waals surface area contributed by atoms with Gasteiger partial charge in [0.1, 0.15) is 11.3 Å². The largest absolute Gasteiger partial charge is 0.493 e. The predicted octanol–water partition coefficient (Wildman–Crippen LogP) is 2.57. The Morgan fingerprint density at radius 3 is 2.60 bits per heavy atom. The molecule has 3 nitrogen and oxygen atoms in total. The van der Waals surface area contributed by atoms with Gasteiger partial charge in [-0.15, -0.1) is 0 Å². The lowest BCUT2D eigenvalue weighted by molar-refractivity contribution is 0.0522. The number of hydrogen-bond donors (Lipinski definition) is 0. The number of para-hydroxylation sites is 1. The number of aryl methyl sites for hydroxylation is 1. The summed E-state index contributed by atoms with van der Waals surface area (Å²) >= 11 is 0. The molecule has 0 aromatic heterocycles.